The zero-order valence-corrected chi connectivity index (χ0v) is 11.6. The lowest BCUT2D eigenvalue weighted by molar-refractivity contribution is 0.0942. The van der Waals surface area contributed by atoms with Gasteiger partial charge in [0.25, 0.3) is 11.5 Å². The van der Waals surface area contributed by atoms with Gasteiger partial charge in [0.15, 0.2) is 11.6 Å². The third kappa shape index (κ3) is 3.56. The quantitative estimate of drug-likeness (QED) is 0.862. The molecular weight excluding hydrogens is 294 g/mol. The molecule has 7 heteroatoms. The summed E-state index contributed by atoms with van der Waals surface area (Å²) in [7, 11) is 0. The van der Waals surface area contributed by atoms with Crippen molar-refractivity contribution in [3.8, 4) is 0 Å². The van der Waals surface area contributed by atoms with Crippen LogP contribution in [0.2, 0.25) is 0 Å². The minimum absolute atomic E-state index is 0.0111. The number of nitrogens with zero attached hydrogens (tertiary/aromatic N) is 1. The predicted octanol–water partition coefficient (Wildman–Crippen LogP) is 0.897. The van der Waals surface area contributed by atoms with E-state index in [2.05, 4.69) is 5.32 Å². The van der Waals surface area contributed by atoms with Crippen LogP contribution in [0, 0.1) is 11.6 Å². The van der Waals surface area contributed by atoms with Gasteiger partial charge in [0.1, 0.15) is 5.56 Å². The molecule has 22 heavy (non-hydrogen) atoms. The molecule has 0 bridgehead atoms. The van der Waals surface area contributed by atoms with E-state index in [4.69, 9.17) is 5.11 Å². The molecule has 1 aromatic carbocycles. The summed E-state index contributed by atoms with van der Waals surface area (Å²) in [5.41, 5.74) is -0.241. The van der Waals surface area contributed by atoms with Crippen LogP contribution in [0.3, 0.4) is 0 Å². The molecule has 1 amide bonds. The molecule has 0 atom stereocenters. The second-order valence-electron chi connectivity index (χ2n) is 4.58. The number of amides is 1. The van der Waals surface area contributed by atoms with E-state index in [0.717, 1.165) is 12.1 Å². The van der Waals surface area contributed by atoms with E-state index in [1.54, 1.807) is 0 Å². The van der Waals surface area contributed by atoms with Gasteiger partial charge >= 0.3 is 0 Å². The Labute approximate surface area is 124 Å². The van der Waals surface area contributed by atoms with E-state index in [9.17, 15) is 18.4 Å². The fourth-order valence-electron chi connectivity index (χ4n) is 1.93. The van der Waals surface area contributed by atoms with E-state index >= 15 is 0 Å². The smallest absolute Gasteiger partial charge is 0.263 e. The first-order valence-electron chi connectivity index (χ1n) is 6.55. The molecule has 1 aromatic heterocycles. The topological polar surface area (TPSA) is 71.3 Å². The number of aromatic nitrogens is 1. The SMILES string of the molecule is O=C(NCCO)c1cccn(Cc2ccc(F)c(F)c2)c1=O. The van der Waals surface area contributed by atoms with Gasteiger partial charge < -0.3 is 15.0 Å². The maximum absolute atomic E-state index is 13.2. The van der Waals surface area contributed by atoms with Gasteiger partial charge in [-0.25, -0.2) is 8.78 Å². The van der Waals surface area contributed by atoms with Crippen molar-refractivity contribution >= 4 is 5.91 Å². The summed E-state index contributed by atoms with van der Waals surface area (Å²) in [4.78, 5) is 24.0. The highest BCUT2D eigenvalue weighted by molar-refractivity contribution is 5.93. The molecule has 0 aliphatic heterocycles. The zero-order chi connectivity index (χ0) is 16.1. The molecular formula is C15H14F2N2O3. The highest BCUT2D eigenvalue weighted by Crippen LogP contribution is 2.09. The fraction of sp³-hybridized carbons (Fsp3) is 0.200. The van der Waals surface area contributed by atoms with Gasteiger partial charge in [-0.15, -0.1) is 0 Å². The number of aliphatic hydroxyl groups excluding tert-OH is 1. The number of rotatable bonds is 5. The standard InChI is InChI=1S/C15H14F2N2O3/c16-12-4-3-10(8-13(12)17)9-19-6-1-2-11(15(19)22)14(21)18-5-7-20/h1-4,6,8,20H,5,7,9H2,(H,18,21). The van der Waals surface area contributed by atoms with Crippen molar-refractivity contribution in [2.24, 2.45) is 0 Å². The Kier molecular flexibility index (Phi) is 5.00. The molecule has 0 spiro atoms. The second-order valence-corrected chi connectivity index (χ2v) is 4.58. The van der Waals surface area contributed by atoms with Crippen LogP contribution in [0.15, 0.2) is 41.3 Å². The number of carbonyl (C=O) groups is 1. The molecule has 1 heterocycles. The van der Waals surface area contributed by atoms with Gasteiger partial charge in [-0.05, 0) is 29.8 Å². The average Bonchev–Trinajstić information content (AvgIpc) is 2.50. The molecule has 116 valence electrons. The summed E-state index contributed by atoms with van der Waals surface area (Å²) >= 11 is 0. The largest absolute Gasteiger partial charge is 0.395 e. The van der Waals surface area contributed by atoms with E-state index < -0.39 is 23.1 Å². The molecule has 2 N–H and O–H groups in total. The van der Waals surface area contributed by atoms with Crippen molar-refractivity contribution in [1.29, 1.82) is 0 Å². The minimum atomic E-state index is -0.998. The van der Waals surface area contributed by atoms with Crippen molar-refractivity contribution in [3.05, 3.63) is 69.6 Å². The fourth-order valence-corrected chi connectivity index (χ4v) is 1.93. The molecule has 0 aliphatic rings. The second kappa shape index (κ2) is 6.95. The Balaban J connectivity index is 2.27. The van der Waals surface area contributed by atoms with Crippen LogP contribution >= 0.6 is 0 Å². The summed E-state index contributed by atoms with van der Waals surface area (Å²) in [6, 6.07) is 6.21. The Morgan fingerprint density at radius 2 is 2.00 bits per heavy atom. The molecule has 2 rings (SSSR count). The monoisotopic (exact) mass is 308 g/mol. The predicted molar refractivity (Wildman–Crippen MR) is 75.6 cm³/mol. The molecule has 0 unspecified atom stereocenters. The van der Waals surface area contributed by atoms with E-state index in [1.165, 1.54) is 29.0 Å². The van der Waals surface area contributed by atoms with Gasteiger partial charge in [-0.3, -0.25) is 9.59 Å². The van der Waals surface area contributed by atoms with Gasteiger partial charge in [0, 0.05) is 12.7 Å². The summed E-state index contributed by atoms with van der Waals surface area (Å²) in [6.07, 6.45) is 1.45. The van der Waals surface area contributed by atoms with Crippen molar-refractivity contribution in [2.75, 3.05) is 13.2 Å². The summed E-state index contributed by atoms with van der Waals surface area (Å²) in [6.45, 7) is -0.185. The van der Waals surface area contributed by atoms with Crippen LogP contribution in [0.5, 0.6) is 0 Å². The van der Waals surface area contributed by atoms with Crippen LogP contribution in [0.4, 0.5) is 8.78 Å². The third-order valence-corrected chi connectivity index (χ3v) is 3.00. The minimum Gasteiger partial charge on any atom is -0.395 e. The van der Waals surface area contributed by atoms with Crippen LogP contribution in [-0.4, -0.2) is 28.7 Å². The number of aliphatic hydroxyl groups is 1. The Bertz CT molecular complexity index is 744. The van der Waals surface area contributed by atoms with Crippen molar-refractivity contribution in [1.82, 2.24) is 9.88 Å². The molecule has 5 nitrogen and oxygen atoms in total. The molecule has 2 aromatic rings. The van der Waals surface area contributed by atoms with Gasteiger partial charge in [-0.1, -0.05) is 6.07 Å². The first-order valence-corrected chi connectivity index (χ1v) is 6.55. The van der Waals surface area contributed by atoms with Crippen molar-refractivity contribution in [2.45, 2.75) is 6.54 Å². The highest BCUT2D eigenvalue weighted by atomic mass is 19.2. The summed E-state index contributed by atoms with van der Waals surface area (Å²) < 4.78 is 27.3. The van der Waals surface area contributed by atoms with Crippen LogP contribution < -0.4 is 10.9 Å². The molecule has 0 saturated heterocycles. The number of nitrogens with one attached hydrogen (secondary N) is 1. The molecule has 0 radical (unpaired) electrons. The van der Waals surface area contributed by atoms with E-state index in [0.29, 0.717) is 5.56 Å². The normalized spacial score (nSPS) is 10.5. The number of carbonyl (C=O) groups excluding carboxylic acids is 1. The van der Waals surface area contributed by atoms with Crippen molar-refractivity contribution in [3.63, 3.8) is 0 Å². The molecule has 0 fully saturated rings. The number of halogens is 2. The Morgan fingerprint density at radius 1 is 1.23 bits per heavy atom. The number of hydrogen-bond donors (Lipinski definition) is 2. The van der Waals surface area contributed by atoms with Crippen LogP contribution in [0.25, 0.3) is 0 Å². The lowest BCUT2D eigenvalue weighted by Crippen LogP contribution is -2.34. The maximum Gasteiger partial charge on any atom is 0.263 e. The number of hydrogen-bond acceptors (Lipinski definition) is 3. The lowest BCUT2D eigenvalue weighted by atomic mass is 10.2. The molecule has 0 aliphatic carbocycles. The number of pyridine rings is 1. The lowest BCUT2D eigenvalue weighted by Gasteiger charge is -2.09. The third-order valence-electron chi connectivity index (χ3n) is 3.00. The average molecular weight is 308 g/mol. The summed E-state index contributed by atoms with van der Waals surface area (Å²) in [5, 5.41) is 11.1. The highest BCUT2D eigenvalue weighted by Gasteiger charge is 2.12. The first kappa shape index (κ1) is 15.8. The zero-order valence-electron chi connectivity index (χ0n) is 11.6. The number of benzene rings is 1. The first-order chi connectivity index (χ1) is 10.5. The summed E-state index contributed by atoms with van der Waals surface area (Å²) in [5.74, 6) is -2.56. The Morgan fingerprint density at radius 3 is 2.68 bits per heavy atom. The van der Waals surface area contributed by atoms with Crippen molar-refractivity contribution < 1.29 is 18.7 Å². The maximum atomic E-state index is 13.2. The van der Waals surface area contributed by atoms with Crippen LogP contribution in [-0.2, 0) is 6.54 Å². The molecule has 0 saturated carbocycles. The van der Waals surface area contributed by atoms with Crippen LogP contribution in [0.1, 0.15) is 15.9 Å². The van der Waals surface area contributed by atoms with E-state index in [1.807, 2.05) is 0 Å². The Hall–Kier alpha value is -2.54. The van der Waals surface area contributed by atoms with E-state index in [-0.39, 0.29) is 25.3 Å². The van der Waals surface area contributed by atoms with Gasteiger partial charge in [-0.2, -0.15) is 0 Å². The van der Waals surface area contributed by atoms with Gasteiger partial charge in [0.2, 0.25) is 0 Å². The van der Waals surface area contributed by atoms with Gasteiger partial charge in [0.05, 0.1) is 13.2 Å².